The molecule has 2 atom stereocenters. The van der Waals surface area contributed by atoms with Crippen LogP contribution in [0.2, 0.25) is 0 Å². The molecular formula is C49H97NO7P+. The van der Waals surface area contributed by atoms with Crippen LogP contribution in [0.1, 0.15) is 226 Å². The van der Waals surface area contributed by atoms with E-state index in [4.69, 9.17) is 18.5 Å². The molecule has 0 aromatic rings. The van der Waals surface area contributed by atoms with E-state index >= 15 is 0 Å². The molecule has 9 heteroatoms. The van der Waals surface area contributed by atoms with Gasteiger partial charge in [-0.3, -0.25) is 13.8 Å². The molecule has 0 rings (SSSR count). The zero-order valence-electron chi connectivity index (χ0n) is 39.0. The predicted octanol–water partition coefficient (Wildman–Crippen LogP) is 14.8. The molecule has 2 unspecified atom stereocenters. The molecule has 8 nitrogen and oxygen atoms in total. The predicted molar refractivity (Wildman–Crippen MR) is 247 cm³/mol. The van der Waals surface area contributed by atoms with Crippen molar-refractivity contribution in [2.24, 2.45) is 0 Å². The van der Waals surface area contributed by atoms with Crippen molar-refractivity contribution >= 4 is 13.8 Å². The Kier molecular flexibility index (Phi) is 41.9. The molecule has 58 heavy (non-hydrogen) atoms. The zero-order valence-corrected chi connectivity index (χ0v) is 39.9. The van der Waals surface area contributed by atoms with E-state index in [-0.39, 0.29) is 25.8 Å². The fourth-order valence-electron chi connectivity index (χ4n) is 6.94. The molecule has 0 bridgehead atoms. The normalized spacial score (nSPS) is 13.8. The highest BCUT2D eigenvalue weighted by Gasteiger charge is 2.26. The lowest BCUT2D eigenvalue weighted by molar-refractivity contribution is -0.870. The van der Waals surface area contributed by atoms with E-state index < -0.39 is 13.9 Å². The van der Waals surface area contributed by atoms with E-state index in [1.165, 1.54) is 161 Å². The standard InChI is InChI=1S/C49H96NO7P/c1-6-8-10-12-14-16-18-20-22-24-25-26-28-30-32-34-36-38-40-42-49(51)57-48(47-56-58(52,53)55-45-43-50(3,4)5)46-54-44-41-39-37-35-33-31-29-27-23-21-19-17-15-13-11-9-7-2/h17,19,23,27,48H,6-16,18,20-22,24-26,28-47H2,1-5H3/p+1/b19-17-,27-23-. The van der Waals surface area contributed by atoms with Crippen molar-refractivity contribution in [3.8, 4) is 0 Å². The first-order valence-corrected chi connectivity index (χ1v) is 26.1. The molecule has 0 aliphatic carbocycles. The minimum Gasteiger partial charge on any atom is -0.457 e. The number of hydrogen-bond donors (Lipinski definition) is 1. The van der Waals surface area contributed by atoms with Gasteiger partial charge in [-0.05, 0) is 44.9 Å². The van der Waals surface area contributed by atoms with Crippen LogP contribution < -0.4 is 0 Å². The van der Waals surface area contributed by atoms with E-state index in [2.05, 4.69) is 38.2 Å². The number of allylic oxidation sites excluding steroid dienone is 4. The van der Waals surface area contributed by atoms with Crippen LogP contribution in [0.5, 0.6) is 0 Å². The third kappa shape index (κ3) is 46.1. The summed E-state index contributed by atoms with van der Waals surface area (Å²) in [5.74, 6) is -0.313. The van der Waals surface area contributed by atoms with Gasteiger partial charge in [0.25, 0.3) is 0 Å². The van der Waals surface area contributed by atoms with Crippen LogP contribution in [0.3, 0.4) is 0 Å². The number of carbonyl (C=O) groups is 1. The Hall–Kier alpha value is -1.02. The second kappa shape index (κ2) is 42.7. The highest BCUT2D eigenvalue weighted by atomic mass is 31.2. The van der Waals surface area contributed by atoms with Crippen LogP contribution in [0.25, 0.3) is 0 Å². The second-order valence-electron chi connectivity index (χ2n) is 17.9. The van der Waals surface area contributed by atoms with Crippen molar-refractivity contribution in [2.75, 3.05) is 54.1 Å². The van der Waals surface area contributed by atoms with Gasteiger partial charge in [0, 0.05) is 13.0 Å². The van der Waals surface area contributed by atoms with Crippen LogP contribution in [0.4, 0.5) is 0 Å². The molecule has 0 aliphatic rings. The number of phosphoric acid groups is 1. The van der Waals surface area contributed by atoms with E-state index in [1.807, 2.05) is 21.1 Å². The van der Waals surface area contributed by atoms with Crippen LogP contribution >= 0.6 is 7.82 Å². The summed E-state index contributed by atoms with van der Waals surface area (Å²) >= 11 is 0. The molecule has 0 aromatic heterocycles. The minimum atomic E-state index is -4.28. The maximum atomic E-state index is 12.7. The van der Waals surface area contributed by atoms with Crippen LogP contribution in [-0.2, 0) is 27.9 Å². The van der Waals surface area contributed by atoms with Crippen molar-refractivity contribution in [3.05, 3.63) is 24.3 Å². The fraction of sp³-hybridized carbons (Fsp3) is 0.898. The summed E-state index contributed by atoms with van der Waals surface area (Å²) in [4.78, 5) is 23.0. The first-order chi connectivity index (χ1) is 28.1. The van der Waals surface area contributed by atoms with Gasteiger partial charge in [-0.15, -0.1) is 0 Å². The van der Waals surface area contributed by atoms with Crippen LogP contribution in [-0.4, -0.2) is 75.6 Å². The highest BCUT2D eigenvalue weighted by molar-refractivity contribution is 7.47. The first-order valence-electron chi connectivity index (χ1n) is 24.6. The SMILES string of the molecule is CCCCCC/C=C\C/C=C\CCCCCCCCOCC(COP(=O)(O)OCC[N+](C)(C)C)OC(=O)CCCCCCCCCCCCCCCCCCCCC. The monoisotopic (exact) mass is 843 g/mol. The fourth-order valence-corrected chi connectivity index (χ4v) is 7.68. The molecule has 344 valence electrons. The Morgan fingerprint density at radius 1 is 0.534 bits per heavy atom. The largest absolute Gasteiger partial charge is 0.472 e. The Morgan fingerprint density at radius 3 is 1.41 bits per heavy atom. The van der Waals surface area contributed by atoms with Gasteiger partial charge in [0.1, 0.15) is 19.3 Å². The minimum absolute atomic E-state index is 0.0885. The molecule has 1 N–H and O–H groups in total. The smallest absolute Gasteiger partial charge is 0.457 e. The number of esters is 1. The molecule has 0 heterocycles. The van der Waals surface area contributed by atoms with Crippen molar-refractivity contribution < 1.29 is 37.3 Å². The summed E-state index contributed by atoms with van der Waals surface area (Å²) in [5, 5.41) is 0. The number of carbonyl (C=O) groups excluding carboxylic acids is 1. The molecule has 0 amide bonds. The number of rotatable bonds is 46. The molecule has 0 aromatic carbocycles. The van der Waals surface area contributed by atoms with Crippen LogP contribution in [0.15, 0.2) is 24.3 Å². The number of likely N-dealkylation sites (N-methyl/N-ethyl adjacent to an activating group) is 1. The first kappa shape index (κ1) is 57.0. The summed E-state index contributed by atoms with van der Waals surface area (Å²) in [6.45, 7) is 5.62. The summed E-state index contributed by atoms with van der Waals surface area (Å²) in [7, 11) is 1.67. The Morgan fingerprint density at radius 2 is 0.948 bits per heavy atom. The van der Waals surface area contributed by atoms with Crippen molar-refractivity contribution in [2.45, 2.75) is 232 Å². The lowest BCUT2D eigenvalue weighted by atomic mass is 10.0. The average Bonchev–Trinajstić information content (AvgIpc) is 3.18. The van der Waals surface area contributed by atoms with E-state index in [0.717, 1.165) is 44.9 Å². The van der Waals surface area contributed by atoms with Gasteiger partial charge in [-0.25, -0.2) is 4.57 Å². The summed E-state index contributed by atoms with van der Waals surface area (Å²) < 4.78 is 35.1. The Labute approximate surface area is 360 Å². The summed E-state index contributed by atoms with van der Waals surface area (Å²) in [5.41, 5.74) is 0. The van der Waals surface area contributed by atoms with Gasteiger partial charge in [0.2, 0.25) is 0 Å². The van der Waals surface area contributed by atoms with E-state index in [9.17, 15) is 14.3 Å². The van der Waals surface area contributed by atoms with Gasteiger partial charge in [-0.1, -0.05) is 199 Å². The number of ether oxygens (including phenoxy) is 2. The maximum Gasteiger partial charge on any atom is 0.472 e. The third-order valence-electron chi connectivity index (χ3n) is 10.8. The zero-order chi connectivity index (χ0) is 42.7. The number of unbranched alkanes of at least 4 members (excludes halogenated alkanes) is 28. The van der Waals surface area contributed by atoms with Crippen LogP contribution in [0, 0.1) is 0 Å². The molecule has 0 saturated carbocycles. The third-order valence-corrected chi connectivity index (χ3v) is 11.7. The van der Waals surface area contributed by atoms with Gasteiger partial charge < -0.3 is 18.9 Å². The topological polar surface area (TPSA) is 91.3 Å². The van der Waals surface area contributed by atoms with Gasteiger partial charge in [0.15, 0.2) is 0 Å². The quantitative estimate of drug-likeness (QED) is 0.0215. The number of quaternary nitrogens is 1. The molecule has 0 radical (unpaired) electrons. The lowest BCUT2D eigenvalue weighted by Crippen LogP contribution is -2.37. The average molecular weight is 843 g/mol. The lowest BCUT2D eigenvalue weighted by Gasteiger charge is -2.24. The Balaban J connectivity index is 4.16. The second-order valence-corrected chi connectivity index (χ2v) is 19.3. The van der Waals surface area contributed by atoms with Crippen molar-refractivity contribution in [3.63, 3.8) is 0 Å². The maximum absolute atomic E-state index is 12.7. The van der Waals surface area contributed by atoms with Gasteiger partial charge in [0.05, 0.1) is 34.4 Å². The molecule has 0 saturated heterocycles. The molecular weight excluding hydrogens is 746 g/mol. The summed E-state index contributed by atoms with van der Waals surface area (Å²) in [6, 6.07) is 0. The van der Waals surface area contributed by atoms with Gasteiger partial charge in [-0.2, -0.15) is 0 Å². The van der Waals surface area contributed by atoms with Gasteiger partial charge >= 0.3 is 13.8 Å². The summed E-state index contributed by atoms with van der Waals surface area (Å²) in [6.07, 6.45) is 49.3. The molecule has 0 spiro atoms. The molecule has 0 fully saturated rings. The number of hydrogen-bond acceptors (Lipinski definition) is 6. The van der Waals surface area contributed by atoms with Crippen molar-refractivity contribution in [1.29, 1.82) is 0 Å². The number of nitrogens with zero attached hydrogens (tertiary/aromatic N) is 1. The number of phosphoric ester groups is 1. The molecule has 0 aliphatic heterocycles. The van der Waals surface area contributed by atoms with E-state index in [1.54, 1.807) is 0 Å². The van der Waals surface area contributed by atoms with E-state index in [0.29, 0.717) is 24.1 Å². The highest BCUT2D eigenvalue weighted by Crippen LogP contribution is 2.43. The van der Waals surface area contributed by atoms with Crippen molar-refractivity contribution in [1.82, 2.24) is 0 Å². The Bertz CT molecular complexity index is 983.